The maximum absolute atomic E-state index is 11.3. The third-order valence-electron chi connectivity index (χ3n) is 2.77. The van der Waals surface area contributed by atoms with Crippen molar-refractivity contribution >= 4 is 17.1 Å². The second-order valence-electron chi connectivity index (χ2n) is 4.38. The van der Waals surface area contributed by atoms with Crippen LogP contribution in [-0.2, 0) is 11.2 Å². The second kappa shape index (κ2) is 5.45. The lowest BCUT2D eigenvalue weighted by atomic mass is 9.97. The molecule has 0 spiro atoms. The van der Waals surface area contributed by atoms with E-state index in [1.165, 1.54) is 9.75 Å². The van der Waals surface area contributed by atoms with Gasteiger partial charge in [0.15, 0.2) is 0 Å². The molecular formula is C13H20OS. The molecule has 1 aromatic rings. The summed E-state index contributed by atoms with van der Waals surface area (Å²) in [5.74, 6) is 1.13. The van der Waals surface area contributed by atoms with Gasteiger partial charge in [0, 0.05) is 15.7 Å². The standard InChI is InChI=1S/C13H20OS/c1-5-11(10(4)14)8-12-6-7-13(15-12)9(2)3/h6-7,9,11H,5,8H2,1-4H3. The Morgan fingerprint density at radius 1 is 1.40 bits per heavy atom. The van der Waals surface area contributed by atoms with E-state index < -0.39 is 0 Å². The Bertz CT molecular complexity index is 325. The number of hydrogen-bond donors (Lipinski definition) is 0. The highest BCUT2D eigenvalue weighted by atomic mass is 32.1. The molecule has 1 unspecified atom stereocenters. The summed E-state index contributed by atoms with van der Waals surface area (Å²) < 4.78 is 0. The number of hydrogen-bond acceptors (Lipinski definition) is 2. The summed E-state index contributed by atoms with van der Waals surface area (Å²) in [5.41, 5.74) is 0. The van der Waals surface area contributed by atoms with Crippen LogP contribution in [0.2, 0.25) is 0 Å². The lowest BCUT2D eigenvalue weighted by Gasteiger charge is -2.08. The maximum Gasteiger partial charge on any atom is 0.133 e. The highest BCUT2D eigenvalue weighted by molar-refractivity contribution is 7.12. The molecule has 1 aromatic heterocycles. The summed E-state index contributed by atoms with van der Waals surface area (Å²) in [5, 5.41) is 0. The van der Waals surface area contributed by atoms with Crippen molar-refractivity contribution in [2.24, 2.45) is 5.92 Å². The van der Waals surface area contributed by atoms with Gasteiger partial charge < -0.3 is 0 Å². The van der Waals surface area contributed by atoms with Crippen molar-refractivity contribution < 1.29 is 4.79 Å². The van der Waals surface area contributed by atoms with E-state index in [0.29, 0.717) is 11.7 Å². The van der Waals surface area contributed by atoms with Crippen molar-refractivity contribution in [3.05, 3.63) is 21.9 Å². The summed E-state index contributed by atoms with van der Waals surface area (Å²) in [6.07, 6.45) is 1.87. The minimum atomic E-state index is 0.212. The average Bonchev–Trinajstić information content (AvgIpc) is 2.61. The molecule has 0 saturated carbocycles. The molecule has 2 heteroatoms. The zero-order valence-corrected chi connectivity index (χ0v) is 10.9. The summed E-state index contributed by atoms with van der Waals surface area (Å²) in [4.78, 5) is 14.1. The normalized spacial score (nSPS) is 13.1. The van der Waals surface area contributed by atoms with Gasteiger partial charge in [-0.3, -0.25) is 4.79 Å². The maximum atomic E-state index is 11.3. The Kier molecular flexibility index (Phi) is 4.52. The van der Waals surface area contributed by atoms with Crippen LogP contribution in [0.4, 0.5) is 0 Å². The van der Waals surface area contributed by atoms with Crippen molar-refractivity contribution in [3.63, 3.8) is 0 Å². The Morgan fingerprint density at radius 2 is 2.07 bits per heavy atom. The predicted octanol–water partition coefficient (Wildman–Crippen LogP) is 4.03. The minimum Gasteiger partial charge on any atom is -0.300 e. The van der Waals surface area contributed by atoms with E-state index in [2.05, 4.69) is 32.9 Å². The molecule has 0 radical (unpaired) electrons. The van der Waals surface area contributed by atoms with Crippen LogP contribution < -0.4 is 0 Å². The molecule has 15 heavy (non-hydrogen) atoms. The van der Waals surface area contributed by atoms with Crippen molar-refractivity contribution in [2.45, 2.75) is 46.5 Å². The predicted molar refractivity (Wildman–Crippen MR) is 66.6 cm³/mol. The molecular weight excluding hydrogens is 204 g/mol. The first-order chi connectivity index (χ1) is 7.04. The zero-order chi connectivity index (χ0) is 11.4. The average molecular weight is 224 g/mol. The first kappa shape index (κ1) is 12.4. The van der Waals surface area contributed by atoms with Gasteiger partial charge in [-0.1, -0.05) is 20.8 Å². The SMILES string of the molecule is CCC(Cc1ccc(C(C)C)s1)C(C)=O. The lowest BCUT2D eigenvalue weighted by Crippen LogP contribution is -2.11. The van der Waals surface area contributed by atoms with Gasteiger partial charge in [-0.15, -0.1) is 11.3 Å². The fourth-order valence-electron chi connectivity index (χ4n) is 1.63. The van der Waals surface area contributed by atoms with Crippen molar-refractivity contribution in [1.29, 1.82) is 0 Å². The van der Waals surface area contributed by atoms with E-state index in [9.17, 15) is 4.79 Å². The Labute approximate surface area is 96.5 Å². The van der Waals surface area contributed by atoms with Crippen LogP contribution in [0.5, 0.6) is 0 Å². The molecule has 0 fully saturated rings. The van der Waals surface area contributed by atoms with Crippen molar-refractivity contribution in [1.82, 2.24) is 0 Å². The van der Waals surface area contributed by atoms with Gasteiger partial charge in [-0.25, -0.2) is 0 Å². The Morgan fingerprint density at radius 3 is 2.47 bits per heavy atom. The first-order valence-electron chi connectivity index (χ1n) is 5.63. The van der Waals surface area contributed by atoms with Gasteiger partial charge >= 0.3 is 0 Å². The van der Waals surface area contributed by atoms with E-state index in [1.54, 1.807) is 6.92 Å². The topological polar surface area (TPSA) is 17.1 Å². The van der Waals surface area contributed by atoms with Gasteiger partial charge in [0.2, 0.25) is 0 Å². The van der Waals surface area contributed by atoms with E-state index in [0.717, 1.165) is 12.8 Å². The van der Waals surface area contributed by atoms with Gasteiger partial charge in [-0.2, -0.15) is 0 Å². The quantitative estimate of drug-likeness (QED) is 0.738. The van der Waals surface area contributed by atoms with Crippen LogP contribution in [0.3, 0.4) is 0 Å². The number of carbonyl (C=O) groups excluding carboxylic acids is 1. The van der Waals surface area contributed by atoms with Crippen molar-refractivity contribution in [3.8, 4) is 0 Å². The number of thiophene rings is 1. The van der Waals surface area contributed by atoms with Crippen LogP contribution in [-0.4, -0.2) is 5.78 Å². The third-order valence-corrected chi connectivity index (χ3v) is 4.17. The molecule has 0 aliphatic heterocycles. The number of ketones is 1. The smallest absolute Gasteiger partial charge is 0.133 e. The molecule has 1 heterocycles. The number of rotatable bonds is 5. The van der Waals surface area contributed by atoms with Crippen LogP contribution in [0.1, 0.15) is 49.8 Å². The highest BCUT2D eigenvalue weighted by Crippen LogP contribution is 2.26. The Balaban J connectivity index is 2.67. The summed E-state index contributed by atoms with van der Waals surface area (Å²) >= 11 is 1.85. The van der Waals surface area contributed by atoms with Gasteiger partial charge in [-0.05, 0) is 37.8 Å². The molecule has 0 N–H and O–H groups in total. The molecule has 0 aliphatic rings. The van der Waals surface area contributed by atoms with Crippen LogP contribution in [0, 0.1) is 5.92 Å². The largest absolute Gasteiger partial charge is 0.300 e. The second-order valence-corrected chi connectivity index (χ2v) is 5.58. The van der Waals surface area contributed by atoms with Crippen molar-refractivity contribution in [2.75, 3.05) is 0 Å². The molecule has 1 atom stereocenters. The molecule has 0 aliphatic carbocycles. The molecule has 84 valence electrons. The monoisotopic (exact) mass is 224 g/mol. The van der Waals surface area contributed by atoms with Gasteiger partial charge in [0.25, 0.3) is 0 Å². The lowest BCUT2D eigenvalue weighted by molar-refractivity contribution is -0.120. The van der Waals surface area contributed by atoms with Crippen LogP contribution in [0.15, 0.2) is 12.1 Å². The Hall–Kier alpha value is -0.630. The van der Waals surface area contributed by atoms with Crippen LogP contribution >= 0.6 is 11.3 Å². The summed E-state index contributed by atoms with van der Waals surface area (Å²) in [6, 6.07) is 4.36. The molecule has 0 bridgehead atoms. The fourth-order valence-corrected chi connectivity index (χ4v) is 2.73. The summed E-state index contributed by atoms with van der Waals surface area (Å²) in [6.45, 7) is 8.20. The van der Waals surface area contributed by atoms with E-state index in [4.69, 9.17) is 0 Å². The fraction of sp³-hybridized carbons (Fsp3) is 0.615. The first-order valence-corrected chi connectivity index (χ1v) is 6.45. The summed E-state index contributed by atoms with van der Waals surface area (Å²) in [7, 11) is 0. The van der Waals surface area contributed by atoms with E-state index in [1.807, 2.05) is 11.3 Å². The van der Waals surface area contributed by atoms with Gasteiger partial charge in [0.1, 0.15) is 5.78 Å². The molecule has 0 aromatic carbocycles. The molecule has 0 amide bonds. The number of Topliss-reactive ketones (excluding diaryl/α,β-unsaturated/α-hetero) is 1. The van der Waals surface area contributed by atoms with E-state index >= 15 is 0 Å². The van der Waals surface area contributed by atoms with Crippen LogP contribution in [0.25, 0.3) is 0 Å². The molecule has 1 nitrogen and oxygen atoms in total. The molecule has 1 rings (SSSR count). The van der Waals surface area contributed by atoms with Gasteiger partial charge in [0.05, 0.1) is 0 Å². The molecule has 0 saturated heterocycles. The highest BCUT2D eigenvalue weighted by Gasteiger charge is 2.14. The zero-order valence-electron chi connectivity index (χ0n) is 10.0. The third kappa shape index (κ3) is 3.45. The van der Waals surface area contributed by atoms with E-state index in [-0.39, 0.29) is 5.92 Å². The number of carbonyl (C=O) groups is 1. The minimum absolute atomic E-state index is 0.212.